The Bertz CT molecular complexity index is 1140. The first kappa shape index (κ1) is 19.4. The van der Waals surface area contributed by atoms with Crippen LogP contribution in [0.15, 0.2) is 45.6 Å². The molecule has 5 heteroatoms. The fraction of sp³-hybridized carbons (Fsp3) is 0.333. The van der Waals surface area contributed by atoms with Gasteiger partial charge in [-0.2, -0.15) is 0 Å². The van der Waals surface area contributed by atoms with Crippen LogP contribution in [0.1, 0.15) is 51.3 Å². The fourth-order valence-electron chi connectivity index (χ4n) is 4.22. The highest BCUT2D eigenvalue weighted by Crippen LogP contribution is 2.38. The topological polar surface area (TPSA) is 59.8 Å². The lowest BCUT2D eigenvalue weighted by molar-refractivity contribution is 0.0663. The van der Waals surface area contributed by atoms with Gasteiger partial charge in [-0.15, -0.1) is 0 Å². The van der Waals surface area contributed by atoms with Crippen LogP contribution in [0.4, 0.5) is 0 Å². The molecule has 1 aromatic heterocycles. The van der Waals surface area contributed by atoms with E-state index in [0.717, 1.165) is 23.1 Å². The maximum Gasteiger partial charge on any atom is 0.290 e. The first-order valence-electron chi connectivity index (χ1n) is 9.93. The van der Waals surface area contributed by atoms with Gasteiger partial charge in [0, 0.05) is 13.7 Å². The Morgan fingerprint density at radius 3 is 2.48 bits per heavy atom. The normalized spacial score (nSPS) is 15.9. The number of aryl methyl sites for hydroxylation is 3. The van der Waals surface area contributed by atoms with Gasteiger partial charge in [-0.05, 0) is 48.6 Å². The lowest BCUT2D eigenvalue weighted by Gasteiger charge is -2.25. The van der Waals surface area contributed by atoms with Crippen LogP contribution in [-0.4, -0.2) is 31.1 Å². The summed E-state index contributed by atoms with van der Waals surface area (Å²) in [6.45, 7) is 6.72. The molecule has 0 bridgehead atoms. The number of carbonyl (C=O) groups is 1. The summed E-state index contributed by atoms with van der Waals surface area (Å²) in [7, 11) is 1.60. The zero-order valence-corrected chi connectivity index (χ0v) is 17.2. The highest BCUT2D eigenvalue weighted by molar-refractivity contribution is 5.99. The van der Waals surface area contributed by atoms with Crippen LogP contribution in [0.5, 0.6) is 0 Å². The van der Waals surface area contributed by atoms with Gasteiger partial charge < -0.3 is 14.1 Å². The van der Waals surface area contributed by atoms with E-state index in [9.17, 15) is 9.59 Å². The molecule has 0 spiro atoms. The average Bonchev–Trinajstić information content (AvgIpc) is 2.98. The van der Waals surface area contributed by atoms with Gasteiger partial charge in [0.1, 0.15) is 5.58 Å². The molecule has 4 rings (SSSR count). The molecule has 5 nitrogen and oxygen atoms in total. The van der Waals surface area contributed by atoms with Crippen LogP contribution in [-0.2, 0) is 11.2 Å². The van der Waals surface area contributed by atoms with Crippen LogP contribution >= 0.6 is 0 Å². The van der Waals surface area contributed by atoms with Gasteiger partial charge in [-0.3, -0.25) is 9.59 Å². The molecule has 1 atom stereocenters. The van der Waals surface area contributed by atoms with E-state index in [0.29, 0.717) is 29.7 Å². The molecule has 0 saturated carbocycles. The summed E-state index contributed by atoms with van der Waals surface area (Å²) >= 11 is 0. The summed E-state index contributed by atoms with van der Waals surface area (Å²) in [5, 5.41) is 0.547. The van der Waals surface area contributed by atoms with E-state index in [1.807, 2.05) is 50.2 Å². The molecule has 0 radical (unpaired) electrons. The number of amides is 1. The SMILES string of the molecule is CCc1ccc(C2c3c(oc4cc(C)cc(C)c4c3=O)C(=O)N2CCOC)cc1. The number of nitrogens with zero attached hydrogens (tertiary/aromatic N) is 1. The van der Waals surface area contributed by atoms with Gasteiger partial charge in [0.25, 0.3) is 5.91 Å². The van der Waals surface area contributed by atoms with Crippen LogP contribution in [0.3, 0.4) is 0 Å². The van der Waals surface area contributed by atoms with Gasteiger partial charge >= 0.3 is 0 Å². The van der Waals surface area contributed by atoms with Crippen LogP contribution in [0.25, 0.3) is 11.0 Å². The highest BCUT2D eigenvalue weighted by atomic mass is 16.5. The van der Waals surface area contributed by atoms with Crippen LogP contribution < -0.4 is 5.43 Å². The Labute approximate surface area is 169 Å². The maximum atomic E-state index is 13.6. The summed E-state index contributed by atoms with van der Waals surface area (Å²) in [5.41, 5.74) is 4.73. The second-order valence-electron chi connectivity index (χ2n) is 7.62. The number of hydrogen-bond donors (Lipinski definition) is 0. The van der Waals surface area contributed by atoms with Gasteiger partial charge in [-0.25, -0.2) is 0 Å². The number of ether oxygens (including phenoxy) is 1. The zero-order valence-electron chi connectivity index (χ0n) is 17.2. The van der Waals surface area contributed by atoms with Gasteiger partial charge in [-0.1, -0.05) is 37.3 Å². The van der Waals surface area contributed by atoms with Crippen molar-refractivity contribution in [2.75, 3.05) is 20.3 Å². The van der Waals surface area contributed by atoms with Crippen molar-refractivity contribution in [3.63, 3.8) is 0 Å². The standard InChI is InChI=1S/C24H25NO4/c1-5-16-6-8-17(9-7-16)21-20-22(26)19-15(3)12-14(2)13-18(19)29-23(20)24(27)25(21)10-11-28-4/h6-9,12-13,21H,5,10-11H2,1-4H3. The molecule has 1 aliphatic heterocycles. The fourth-order valence-corrected chi connectivity index (χ4v) is 4.22. The minimum Gasteiger partial charge on any atom is -0.450 e. The van der Waals surface area contributed by atoms with Gasteiger partial charge in [0.2, 0.25) is 5.76 Å². The van der Waals surface area contributed by atoms with E-state index in [4.69, 9.17) is 9.15 Å². The Hall–Kier alpha value is -2.92. The predicted octanol–water partition coefficient (Wildman–Crippen LogP) is 4.16. The molecule has 0 fully saturated rings. The van der Waals surface area contributed by atoms with E-state index in [1.165, 1.54) is 5.56 Å². The molecule has 1 amide bonds. The highest BCUT2D eigenvalue weighted by Gasteiger charge is 2.42. The predicted molar refractivity (Wildman–Crippen MR) is 113 cm³/mol. The lowest BCUT2D eigenvalue weighted by Crippen LogP contribution is -2.32. The molecule has 2 heterocycles. The first-order valence-corrected chi connectivity index (χ1v) is 9.93. The van der Waals surface area contributed by atoms with Crippen molar-refractivity contribution >= 4 is 16.9 Å². The molecular weight excluding hydrogens is 366 g/mol. The Morgan fingerprint density at radius 2 is 1.83 bits per heavy atom. The smallest absolute Gasteiger partial charge is 0.290 e. The van der Waals surface area contributed by atoms with Crippen molar-refractivity contribution in [2.45, 2.75) is 33.2 Å². The Kier molecular flexibility index (Phi) is 5.01. The zero-order chi connectivity index (χ0) is 20.7. The number of hydrogen-bond acceptors (Lipinski definition) is 4. The van der Waals surface area contributed by atoms with Crippen molar-refractivity contribution in [3.05, 3.63) is 80.2 Å². The average molecular weight is 391 g/mol. The molecule has 150 valence electrons. The lowest BCUT2D eigenvalue weighted by atomic mass is 9.96. The van der Waals surface area contributed by atoms with Crippen LogP contribution in [0.2, 0.25) is 0 Å². The van der Waals surface area contributed by atoms with Gasteiger partial charge in [0.15, 0.2) is 5.43 Å². The van der Waals surface area contributed by atoms with Gasteiger partial charge in [0.05, 0.1) is 23.6 Å². The molecule has 0 saturated heterocycles. The summed E-state index contributed by atoms with van der Waals surface area (Å²) in [4.78, 5) is 28.4. The summed E-state index contributed by atoms with van der Waals surface area (Å²) in [6, 6.07) is 11.4. The van der Waals surface area contributed by atoms with Crippen LogP contribution in [0, 0.1) is 13.8 Å². The van der Waals surface area contributed by atoms with Crippen molar-refractivity contribution in [2.24, 2.45) is 0 Å². The largest absolute Gasteiger partial charge is 0.450 e. The molecule has 0 aliphatic carbocycles. The van der Waals surface area contributed by atoms with Crippen molar-refractivity contribution < 1.29 is 13.9 Å². The quantitative estimate of drug-likeness (QED) is 0.655. The van der Waals surface area contributed by atoms with E-state index >= 15 is 0 Å². The number of benzene rings is 2. The Morgan fingerprint density at radius 1 is 1.10 bits per heavy atom. The number of carbonyl (C=O) groups excluding carboxylic acids is 1. The minimum absolute atomic E-state index is 0.128. The Balaban J connectivity index is 1.97. The summed E-state index contributed by atoms with van der Waals surface area (Å²) in [6.07, 6.45) is 0.930. The molecule has 1 aliphatic rings. The third kappa shape index (κ3) is 3.15. The van der Waals surface area contributed by atoms with Crippen molar-refractivity contribution in [1.82, 2.24) is 4.90 Å². The molecule has 1 unspecified atom stereocenters. The van der Waals surface area contributed by atoms with E-state index in [1.54, 1.807) is 12.0 Å². The van der Waals surface area contributed by atoms with Crippen molar-refractivity contribution in [3.8, 4) is 0 Å². The summed E-state index contributed by atoms with van der Waals surface area (Å²) < 4.78 is 11.2. The molecular formula is C24H25NO4. The second kappa shape index (κ2) is 7.48. The van der Waals surface area contributed by atoms with Crippen molar-refractivity contribution in [1.29, 1.82) is 0 Å². The third-order valence-electron chi connectivity index (χ3n) is 5.65. The monoisotopic (exact) mass is 391 g/mol. The molecule has 3 aromatic rings. The molecule has 29 heavy (non-hydrogen) atoms. The third-order valence-corrected chi connectivity index (χ3v) is 5.65. The minimum atomic E-state index is -0.472. The summed E-state index contributed by atoms with van der Waals surface area (Å²) in [5.74, 6) is -0.118. The maximum absolute atomic E-state index is 13.6. The molecule has 0 N–H and O–H groups in total. The first-order chi connectivity index (χ1) is 14.0. The second-order valence-corrected chi connectivity index (χ2v) is 7.62. The number of fused-ring (bicyclic) bond motifs is 2. The van der Waals surface area contributed by atoms with E-state index < -0.39 is 6.04 Å². The number of methoxy groups -OCH3 is 1. The van der Waals surface area contributed by atoms with E-state index in [-0.39, 0.29) is 17.1 Å². The number of rotatable bonds is 5. The van der Waals surface area contributed by atoms with E-state index in [2.05, 4.69) is 6.92 Å². The molecule has 2 aromatic carbocycles.